The molecule has 2 aliphatic rings. The number of hydrogen-bond donors (Lipinski definition) is 0. The Balaban J connectivity index is 1.44. The van der Waals surface area contributed by atoms with Crippen molar-refractivity contribution in [1.82, 2.24) is 14.7 Å². The minimum atomic E-state index is -0.875. The summed E-state index contributed by atoms with van der Waals surface area (Å²) in [5.74, 6) is 0.0873. The minimum Gasteiger partial charge on any atom is -0.497 e. The fourth-order valence-electron chi connectivity index (χ4n) is 6.60. The van der Waals surface area contributed by atoms with E-state index in [-0.39, 0.29) is 17.7 Å². The first-order valence-corrected chi connectivity index (χ1v) is 15.6. The molecule has 2 saturated heterocycles. The standard InChI is InChI=1S/C39H39N3O4/c1-39(2,3)38-41(35(43)30-18-12-7-13-19-30)33(29-16-10-6-11-17-29)37(45)42(38)34-32(25-22-27-14-8-5-9-15-27)40(36(34)44)26-28-20-23-31(46-4)24-21-28/h5-25,32-34,38H,26H2,1-4H3. The van der Waals surface area contributed by atoms with Crippen LogP contribution in [0.25, 0.3) is 6.08 Å². The molecule has 4 atom stereocenters. The number of carbonyl (C=O) groups is 3. The number of methoxy groups -OCH3 is 1. The molecule has 3 amide bonds. The summed E-state index contributed by atoms with van der Waals surface area (Å²) in [6.07, 6.45) is 3.33. The van der Waals surface area contributed by atoms with Crippen molar-refractivity contribution in [2.75, 3.05) is 7.11 Å². The van der Waals surface area contributed by atoms with E-state index in [1.807, 2.05) is 136 Å². The van der Waals surface area contributed by atoms with Crippen LogP contribution >= 0.6 is 0 Å². The molecule has 2 aliphatic heterocycles. The average molecular weight is 614 g/mol. The number of amides is 3. The molecule has 7 heteroatoms. The molecule has 0 radical (unpaired) electrons. The van der Waals surface area contributed by atoms with Crippen LogP contribution in [0.4, 0.5) is 0 Å². The van der Waals surface area contributed by atoms with Crippen molar-refractivity contribution >= 4 is 23.8 Å². The van der Waals surface area contributed by atoms with Crippen LogP contribution in [0.5, 0.6) is 5.75 Å². The molecule has 234 valence electrons. The smallest absolute Gasteiger partial charge is 0.256 e. The number of ether oxygens (including phenoxy) is 1. The average Bonchev–Trinajstić information content (AvgIpc) is 3.38. The summed E-state index contributed by atoms with van der Waals surface area (Å²) >= 11 is 0. The Morgan fingerprint density at radius 3 is 1.96 bits per heavy atom. The van der Waals surface area contributed by atoms with Gasteiger partial charge < -0.3 is 19.4 Å². The highest BCUT2D eigenvalue weighted by Crippen LogP contribution is 2.46. The zero-order valence-electron chi connectivity index (χ0n) is 26.6. The van der Waals surface area contributed by atoms with E-state index in [0.29, 0.717) is 17.7 Å². The molecule has 2 fully saturated rings. The topological polar surface area (TPSA) is 70.2 Å². The van der Waals surface area contributed by atoms with Crippen LogP contribution in [0.15, 0.2) is 121 Å². The molecule has 0 N–H and O–H groups in total. The van der Waals surface area contributed by atoms with Gasteiger partial charge >= 0.3 is 0 Å². The molecule has 7 nitrogen and oxygen atoms in total. The number of hydrogen-bond acceptors (Lipinski definition) is 4. The molecule has 0 spiro atoms. The number of β-lactam (4-membered cyclic amide) rings is 1. The van der Waals surface area contributed by atoms with Crippen molar-refractivity contribution in [1.29, 1.82) is 0 Å². The van der Waals surface area contributed by atoms with E-state index in [2.05, 4.69) is 0 Å². The lowest BCUT2D eigenvalue weighted by molar-refractivity contribution is -0.166. The molecule has 0 saturated carbocycles. The highest BCUT2D eigenvalue weighted by atomic mass is 16.5. The molecule has 4 unspecified atom stereocenters. The van der Waals surface area contributed by atoms with E-state index in [9.17, 15) is 14.4 Å². The van der Waals surface area contributed by atoms with Gasteiger partial charge in [0.25, 0.3) is 11.8 Å². The summed E-state index contributed by atoms with van der Waals surface area (Å²) in [5.41, 5.74) is 2.58. The highest BCUT2D eigenvalue weighted by molar-refractivity contribution is 6.03. The van der Waals surface area contributed by atoms with Crippen molar-refractivity contribution in [3.05, 3.63) is 144 Å². The number of benzene rings is 4. The summed E-state index contributed by atoms with van der Waals surface area (Å²) in [6.45, 7) is 6.43. The van der Waals surface area contributed by atoms with Crippen LogP contribution in [0.3, 0.4) is 0 Å². The molecule has 6 rings (SSSR count). The fraction of sp³-hybridized carbons (Fsp3) is 0.256. The van der Waals surface area contributed by atoms with E-state index >= 15 is 0 Å². The predicted molar refractivity (Wildman–Crippen MR) is 178 cm³/mol. The molecular formula is C39H39N3O4. The van der Waals surface area contributed by atoms with Gasteiger partial charge in [-0.1, -0.05) is 124 Å². The molecule has 0 bridgehead atoms. The summed E-state index contributed by atoms with van der Waals surface area (Å²) < 4.78 is 5.32. The second-order valence-corrected chi connectivity index (χ2v) is 12.9. The second-order valence-electron chi connectivity index (χ2n) is 12.9. The zero-order valence-corrected chi connectivity index (χ0v) is 26.6. The first kappa shape index (κ1) is 30.8. The Hall–Kier alpha value is -5.17. The van der Waals surface area contributed by atoms with Crippen molar-refractivity contribution < 1.29 is 19.1 Å². The maximum Gasteiger partial charge on any atom is 0.256 e. The van der Waals surface area contributed by atoms with Gasteiger partial charge in [-0.15, -0.1) is 0 Å². The van der Waals surface area contributed by atoms with Crippen molar-refractivity contribution in [2.24, 2.45) is 5.41 Å². The van der Waals surface area contributed by atoms with Crippen LogP contribution in [0.2, 0.25) is 0 Å². The van der Waals surface area contributed by atoms with Gasteiger partial charge in [-0.2, -0.15) is 0 Å². The summed E-state index contributed by atoms with van der Waals surface area (Å²) in [6, 6.07) is 33.9. The van der Waals surface area contributed by atoms with Crippen LogP contribution in [-0.2, 0) is 16.1 Å². The van der Waals surface area contributed by atoms with Crippen LogP contribution in [-0.4, -0.2) is 57.8 Å². The SMILES string of the molecule is COc1ccc(CN2C(=O)C(N3C(=O)C(c4ccccc4)N(C(=O)c4ccccc4)C3C(C)(C)C)C2C=Cc2ccccc2)cc1. The van der Waals surface area contributed by atoms with E-state index in [1.54, 1.807) is 33.9 Å². The quantitative estimate of drug-likeness (QED) is 0.211. The Labute approximate surface area is 270 Å². The first-order valence-electron chi connectivity index (χ1n) is 15.6. The molecule has 0 aromatic heterocycles. The number of rotatable bonds is 8. The van der Waals surface area contributed by atoms with Gasteiger partial charge in [-0.05, 0) is 41.0 Å². The zero-order chi connectivity index (χ0) is 32.4. The molecular weight excluding hydrogens is 574 g/mol. The number of carbonyl (C=O) groups excluding carboxylic acids is 3. The maximum absolute atomic E-state index is 14.8. The van der Waals surface area contributed by atoms with Gasteiger partial charge in [0.15, 0.2) is 0 Å². The summed E-state index contributed by atoms with van der Waals surface area (Å²) in [5, 5.41) is 0. The molecule has 4 aromatic rings. The minimum absolute atomic E-state index is 0.151. The van der Waals surface area contributed by atoms with Crippen LogP contribution in [0.1, 0.15) is 53.9 Å². The van der Waals surface area contributed by atoms with E-state index in [0.717, 1.165) is 16.9 Å². The lowest BCUT2D eigenvalue weighted by atomic mass is 9.86. The van der Waals surface area contributed by atoms with Crippen LogP contribution < -0.4 is 4.74 Å². The van der Waals surface area contributed by atoms with E-state index in [1.165, 1.54) is 0 Å². The Morgan fingerprint density at radius 1 is 0.783 bits per heavy atom. The third-order valence-electron chi connectivity index (χ3n) is 8.76. The lowest BCUT2D eigenvalue weighted by Gasteiger charge is -2.52. The van der Waals surface area contributed by atoms with Gasteiger partial charge in [0.05, 0.1) is 13.2 Å². The van der Waals surface area contributed by atoms with Crippen LogP contribution in [0, 0.1) is 5.41 Å². The van der Waals surface area contributed by atoms with Gasteiger partial charge in [0.2, 0.25) is 5.91 Å². The molecule has 4 aromatic carbocycles. The fourth-order valence-corrected chi connectivity index (χ4v) is 6.60. The highest BCUT2D eigenvalue weighted by Gasteiger charge is 2.61. The Morgan fingerprint density at radius 2 is 1.37 bits per heavy atom. The molecule has 0 aliphatic carbocycles. The number of nitrogens with zero attached hydrogens (tertiary/aromatic N) is 3. The Kier molecular flexibility index (Phi) is 8.50. The lowest BCUT2D eigenvalue weighted by Crippen LogP contribution is -2.72. The van der Waals surface area contributed by atoms with Crippen molar-refractivity contribution in [3.63, 3.8) is 0 Å². The van der Waals surface area contributed by atoms with E-state index < -0.39 is 29.7 Å². The second kappa shape index (κ2) is 12.7. The summed E-state index contributed by atoms with van der Waals surface area (Å²) in [4.78, 5) is 48.6. The maximum atomic E-state index is 14.8. The Bertz CT molecular complexity index is 1720. The predicted octanol–water partition coefficient (Wildman–Crippen LogP) is 6.59. The van der Waals surface area contributed by atoms with Gasteiger partial charge in [0.1, 0.15) is 24.0 Å². The molecule has 2 heterocycles. The summed E-state index contributed by atoms with van der Waals surface area (Å²) in [7, 11) is 1.62. The monoisotopic (exact) mass is 613 g/mol. The first-order chi connectivity index (χ1) is 22.2. The van der Waals surface area contributed by atoms with E-state index in [4.69, 9.17) is 4.74 Å². The van der Waals surface area contributed by atoms with Crippen molar-refractivity contribution in [2.45, 2.75) is 51.6 Å². The number of likely N-dealkylation sites (tertiary alicyclic amines) is 1. The normalized spacial score (nSPS) is 21.5. The third-order valence-corrected chi connectivity index (χ3v) is 8.76. The third kappa shape index (κ3) is 5.81. The van der Waals surface area contributed by atoms with Crippen molar-refractivity contribution in [3.8, 4) is 5.75 Å². The van der Waals surface area contributed by atoms with Gasteiger partial charge in [-0.3, -0.25) is 14.4 Å². The van der Waals surface area contributed by atoms with Gasteiger partial charge in [-0.25, -0.2) is 0 Å². The van der Waals surface area contributed by atoms with Gasteiger partial charge in [0, 0.05) is 17.5 Å². The molecule has 46 heavy (non-hydrogen) atoms. The largest absolute Gasteiger partial charge is 0.497 e.